The van der Waals surface area contributed by atoms with Crippen molar-refractivity contribution in [1.82, 2.24) is 4.90 Å². The van der Waals surface area contributed by atoms with E-state index in [1.54, 1.807) is 0 Å². The van der Waals surface area contributed by atoms with E-state index >= 15 is 0 Å². The lowest BCUT2D eigenvalue weighted by atomic mass is 10.1. The van der Waals surface area contributed by atoms with Crippen molar-refractivity contribution >= 4 is 17.7 Å². The number of thioether (sulfide) groups is 1. The Hall–Kier alpha value is -0.690. The molecule has 0 saturated carbocycles. The number of amides is 1. The molecule has 0 aliphatic carbocycles. The summed E-state index contributed by atoms with van der Waals surface area (Å²) in [6.45, 7) is 1.76. The van der Waals surface area contributed by atoms with Gasteiger partial charge in [-0.15, -0.1) is 0 Å². The van der Waals surface area contributed by atoms with Gasteiger partial charge in [-0.2, -0.15) is 5.26 Å². The van der Waals surface area contributed by atoms with Crippen LogP contribution in [0.15, 0.2) is 0 Å². The number of nitrogens with zero attached hydrogens (tertiary/aromatic N) is 2. The Bertz CT molecular complexity index is 194. The van der Waals surface area contributed by atoms with E-state index in [0.29, 0.717) is 5.75 Å². The molecule has 0 spiro atoms. The number of carbonyl (C=O) groups is 1. The molecule has 12 heavy (non-hydrogen) atoms. The lowest BCUT2D eigenvalue weighted by molar-refractivity contribution is -0.129. The topological polar surface area (TPSA) is 44.1 Å². The molecule has 1 heterocycles. The molecule has 0 aromatic heterocycles. The molecule has 0 N–H and O–H groups in total. The minimum absolute atomic E-state index is 0.112. The summed E-state index contributed by atoms with van der Waals surface area (Å²) in [4.78, 5) is 13.2. The first-order valence-corrected chi connectivity index (χ1v) is 5.12. The van der Waals surface area contributed by atoms with Gasteiger partial charge in [0.1, 0.15) is 5.40 Å². The summed E-state index contributed by atoms with van der Waals surface area (Å²) in [5.74, 6) is 0.428. The Balaban J connectivity index is 2.26. The fourth-order valence-corrected chi connectivity index (χ4v) is 1.70. The van der Waals surface area contributed by atoms with Gasteiger partial charge in [0, 0.05) is 13.1 Å². The van der Waals surface area contributed by atoms with E-state index in [1.807, 2.05) is 10.3 Å². The van der Waals surface area contributed by atoms with Crippen LogP contribution in [0.3, 0.4) is 0 Å². The third-order valence-corrected chi connectivity index (χ3v) is 2.49. The zero-order valence-electron chi connectivity index (χ0n) is 6.95. The molecule has 0 aromatic carbocycles. The van der Waals surface area contributed by atoms with Crippen molar-refractivity contribution in [2.24, 2.45) is 0 Å². The van der Waals surface area contributed by atoms with Gasteiger partial charge < -0.3 is 4.90 Å². The van der Waals surface area contributed by atoms with E-state index in [0.717, 1.165) is 37.7 Å². The molecule has 1 aliphatic rings. The lowest BCUT2D eigenvalue weighted by Gasteiger charge is -2.26. The smallest absolute Gasteiger partial charge is 0.233 e. The predicted octanol–water partition coefficient (Wildman–Crippen LogP) is 1.21. The molecule has 1 saturated heterocycles. The van der Waals surface area contributed by atoms with Gasteiger partial charge in [0.05, 0.1) is 5.75 Å². The molecule has 4 heteroatoms. The second-order valence-corrected chi connectivity index (χ2v) is 3.58. The van der Waals surface area contributed by atoms with Crippen LogP contribution in [0.25, 0.3) is 0 Å². The van der Waals surface area contributed by atoms with E-state index in [9.17, 15) is 4.79 Å². The Morgan fingerprint density at radius 2 is 2.08 bits per heavy atom. The summed E-state index contributed by atoms with van der Waals surface area (Å²) in [6, 6.07) is 0. The van der Waals surface area contributed by atoms with E-state index < -0.39 is 0 Å². The molecular weight excluding hydrogens is 172 g/mol. The highest BCUT2D eigenvalue weighted by Crippen LogP contribution is 2.10. The number of thiocyanates is 1. The molecule has 3 nitrogen and oxygen atoms in total. The van der Waals surface area contributed by atoms with Crippen LogP contribution in [0.1, 0.15) is 19.3 Å². The van der Waals surface area contributed by atoms with Crippen LogP contribution in [0.2, 0.25) is 0 Å². The maximum atomic E-state index is 11.3. The summed E-state index contributed by atoms with van der Waals surface area (Å²) in [6.07, 6.45) is 3.46. The van der Waals surface area contributed by atoms with Gasteiger partial charge in [-0.3, -0.25) is 4.79 Å². The van der Waals surface area contributed by atoms with Gasteiger partial charge >= 0.3 is 0 Å². The zero-order chi connectivity index (χ0) is 8.81. The van der Waals surface area contributed by atoms with Gasteiger partial charge in [0.25, 0.3) is 0 Å². The Kier molecular flexibility index (Phi) is 3.95. The van der Waals surface area contributed by atoms with Crippen LogP contribution in [0.5, 0.6) is 0 Å². The number of rotatable bonds is 2. The molecule has 1 aliphatic heterocycles. The Morgan fingerprint density at radius 1 is 1.42 bits per heavy atom. The van der Waals surface area contributed by atoms with E-state index in [2.05, 4.69) is 0 Å². The molecule has 1 rings (SSSR count). The van der Waals surface area contributed by atoms with Crippen molar-refractivity contribution in [2.75, 3.05) is 18.8 Å². The molecule has 0 aromatic rings. The second-order valence-electron chi connectivity index (χ2n) is 2.82. The fourth-order valence-electron chi connectivity index (χ4n) is 1.33. The largest absolute Gasteiger partial charge is 0.342 e. The Morgan fingerprint density at radius 3 is 2.67 bits per heavy atom. The number of hydrogen-bond acceptors (Lipinski definition) is 3. The number of hydrogen-bond donors (Lipinski definition) is 0. The lowest BCUT2D eigenvalue weighted by Crippen LogP contribution is -2.36. The SMILES string of the molecule is N#CSCC(=O)N1CCCCC1. The predicted molar refractivity (Wildman–Crippen MR) is 48.5 cm³/mol. The van der Waals surface area contributed by atoms with Crippen molar-refractivity contribution < 1.29 is 4.79 Å². The number of nitriles is 1. The zero-order valence-corrected chi connectivity index (χ0v) is 7.77. The molecule has 0 radical (unpaired) electrons. The maximum absolute atomic E-state index is 11.3. The second kappa shape index (κ2) is 5.04. The van der Waals surface area contributed by atoms with Gasteiger partial charge in [-0.05, 0) is 31.0 Å². The third-order valence-electron chi connectivity index (χ3n) is 1.97. The standard InChI is InChI=1S/C8H12N2OS/c9-7-12-6-8(11)10-4-2-1-3-5-10/h1-6H2. The average Bonchev–Trinajstić information content (AvgIpc) is 2.15. The van der Waals surface area contributed by atoms with Gasteiger partial charge in [0.15, 0.2) is 0 Å². The van der Waals surface area contributed by atoms with Crippen LogP contribution >= 0.6 is 11.8 Å². The first-order chi connectivity index (χ1) is 5.84. The fraction of sp³-hybridized carbons (Fsp3) is 0.750. The van der Waals surface area contributed by atoms with Crippen molar-refractivity contribution in [1.29, 1.82) is 5.26 Å². The molecule has 0 unspecified atom stereocenters. The van der Waals surface area contributed by atoms with Crippen LogP contribution in [-0.4, -0.2) is 29.6 Å². The van der Waals surface area contributed by atoms with E-state index in [1.165, 1.54) is 6.42 Å². The molecule has 1 fully saturated rings. The Labute approximate surface area is 76.7 Å². The minimum atomic E-state index is 0.112. The van der Waals surface area contributed by atoms with Gasteiger partial charge in [-0.25, -0.2) is 0 Å². The number of carbonyl (C=O) groups excluding carboxylic acids is 1. The summed E-state index contributed by atoms with van der Waals surface area (Å²) in [5.41, 5.74) is 0. The van der Waals surface area contributed by atoms with Gasteiger partial charge in [0.2, 0.25) is 5.91 Å². The van der Waals surface area contributed by atoms with Crippen molar-refractivity contribution in [3.8, 4) is 5.40 Å². The summed E-state index contributed by atoms with van der Waals surface area (Å²) < 4.78 is 0. The quantitative estimate of drug-likeness (QED) is 0.606. The van der Waals surface area contributed by atoms with Crippen molar-refractivity contribution in [2.45, 2.75) is 19.3 Å². The van der Waals surface area contributed by atoms with Crippen LogP contribution in [0, 0.1) is 10.7 Å². The molecular formula is C8H12N2OS. The van der Waals surface area contributed by atoms with Crippen LogP contribution in [0.4, 0.5) is 0 Å². The number of likely N-dealkylation sites (tertiary alicyclic amines) is 1. The van der Waals surface area contributed by atoms with Crippen molar-refractivity contribution in [3.05, 3.63) is 0 Å². The first-order valence-electron chi connectivity index (χ1n) is 4.13. The maximum Gasteiger partial charge on any atom is 0.233 e. The highest BCUT2D eigenvalue weighted by Gasteiger charge is 2.15. The average molecular weight is 184 g/mol. The summed E-state index contributed by atoms with van der Waals surface area (Å²) in [5, 5.41) is 10.2. The monoisotopic (exact) mass is 184 g/mol. The first kappa shape index (κ1) is 9.40. The molecule has 1 amide bonds. The minimum Gasteiger partial charge on any atom is -0.342 e. The van der Waals surface area contributed by atoms with Crippen LogP contribution < -0.4 is 0 Å². The van der Waals surface area contributed by atoms with Gasteiger partial charge in [-0.1, -0.05) is 0 Å². The van der Waals surface area contributed by atoms with E-state index in [-0.39, 0.29) is 5.91 Å². The highest BCUT2D eigenvalue weighted by molar-refractivity contribution is 8.04. The van der Waals surface area contributed by atoms with E-state index in [4.69, 9.17) is 5.26 Å². The van der Waals surface area contributed by atoms with Crippen LogP contribution in [-0.2, 0) is 4.79 Å². The third kappa shape index (κ3) is 2.74. The number of piperidine rings is 1. The van der Waals surface area contributed by atoms with Crippen molar-refractivity contribution in [3.63, 3.8) is 0 Å². The molecule has 0 bridgehead atoms. The summed E-state index contributed by atoms with van der Waals surface area (Å²) >= 11 is 1.02. The molecule has 0 atom stereocenters. The molecule has 66 valence electrons. The normalized spacial score (nSPS) is 17.1. The highest BCUT2D eigenvalue weighted by atomic mass is 32.2. The summed E-state index contributed by atoms with van der Waals surface area (Å²) in [7, 11) is 0.